The van der Waals surface area contributed by atoms with E-state index < -0.39 is 12.4 Å². The van der Waals surface area contributed by atoms with E-state index in [1.807, 2.05) is 0 Å². The van der Waals surface area contributed by atoms with Crippen LogP contribution in [0.2, 0.25) is 0 Å². The average molecular weight is 257 g/mol. The lowest BCUT2D eigenvalue weighted by Gasteiger charge is -2.08. The Hall–Kier alpha value is -2.14. The Bertz CT molecular complexity index is 471. The van der Waals surface area contributed by atoms with Crippen LogP contribution in [0.15, 0.2) is 29.4 Å². The van der Waals surface area contributed by atoms with Crippen LogP contribution in [-0.4, -0.2) is 13.2 Å². The van der Waals surface area contributed by atoms with Gasteiger partial charge >= 0.3 is 6.61 Å². The molecule has 0 aromatic heterocycles. The Morgan fingerprint density at radius 1 is 1.44 bits per heavy atom. The largest absolute Gasteiger partial charge is 0.434 e. The fourth-order valence-corrected chi connectivity index (χ4v) is 1.26. The molecule has 0 radical (unpaired) electrons. The summed E-state index contributed by atoms with van der Waals surface area (Å²) in [5.41, 5.74) is 7.98. The predicted octanol–water partition coefficient (Wildman–Crippen LogP) is 4.14. The van der Waals surface area contributed by atoms with Crippen molar-refractivity contribution in [1.29, 1.82) is 0 Å². The van der Waals surface area contributed by atoms with Crippen LogP contribution in [0.5, 0.6) is 5.75 Å². The lowest BCUT2D eigenvalue weighted by molar-refractivity contribution is -0.0501. The molecule has 0 heterocycles. The maximum atomic E-state index is 13.4. The van der Waals surface area contributed by atoms with Crippen LogP contribution in [0.1, 0.15) is 12.0 Å². The van der Waals surface area contributed by atoms with Crippen LogP contribution in [0, 0.1) is 5.82 Å². The van der Waals surface area contributed by atoms with E-state index in [4.69, 9.17) is 5.53 Å². The highest BCUT2D eigenvalue weighted by Gasteiger charge is 2.10. The summed E-state index contributed by atoms with van der Waals surface area (Å²) in [5, 5.41) is 3.28. The van der Waals surface area contributed by atoms with Crippen molar-refractivity contribution in [2.24, 2.45) is 5.11 Å². The predicted molar refractivity (Wildman–Crippen MR) is 60.7 cm³/mol. The number of hydrogen-bond acceptors (Lipinski definition) is 2. The maximum Gasteiger partial charge on any atom is 0.387 e. The first kappa shape index (κ1) is 13.9. The van der Waals surface area contributed by atoms with Gasteiger partial charge in [0.15, 0.2) is 0 Å². The van der Waals surface area contributed by atoms with Crippen molar-refractivity contribution in [3.63, 3.8) is 0 Å². The molecule has 1 rings (SSSR count). The molecule has 1 aromatic carbocycles. The van der Waals surface area contributed by atoms with Crippen LogP contribution < -0.4 is 4.74 Å². The molecule has 0 unspecified atom stereocenters. The van der Waals surface area contributed by atoms with Crippen molar-refractivity contribution in [3.05, 3.63) is 46.1 Å². The van der Waals surface area contributed by atoms with Crippen LogP contribution >= 0.6 is 0 Å². The molecule has 96 valence electrons. The smallest absolute Gasteiger partial charge is 0.387 e. The number of ether oxygens (including phenoxy) is 1. The molecule has 0 spiro atoms. The van der Waals surface area contributed by atoms with Crippen LogP contribution in [0.3, 0.4) is 0 Å². The molecule has 0 saturated heterocycles. The van der Waals surface area contributed by atoms with Gasteiger partial charge in [0.25, 0.3) is 0 Å². The van der Waals surface area contributed by atoms with Gasteiger partial charge in [0, 0.05) is 11.5 Å². The summed E-state index contributed by atoms with van der Waals surface area (Å²) in [4.78, 5) is 2.55. The standard InChI is InChI=1S/C11H10F3N3O/c12-9-5-3-6-10(18-11(13)14)8(9)4-1-2-7-16-17-15/h1,3-6,11H,2,7H2. The van der Waals surface area contributed by atoms with Crippen LogP contribution in [0.25, 0.3) is 16.5 Å². The monoisotopic (exact) mass is 257 g/mol. The van der Waals surface area contributed by atoms with E-state index >= 15 is 0 Å². The summed E-state index contributed by atoms with van der Waals surface area (Å²) in [5.74, 6) is -0.891. The van der Waals surface area contributed by atoms with E-state index in [-0.39, 0.29) is 17.9 Å². The van der Waals surface area contributed by atoms with Crippen molar-refractivity contribution in [2.45, 2.75) is 13.0 Å². The summed E-state index contributed by atoms with van der Waals surface area (Å²) >= 11 is 0. The SMILES string of the molecule is [N-]=[N+]=NCCC=Cc1c(F)cccc1OC(F)F. The summed E-state index contributed by atoms with van der Waals surface area (Å²) in [6, 6.07) is 3.68. The molecule has 0 saturated carbocycles. The molecule has 18 heavy (non-hydrogen) atoms. The summed E-state index contributed by atoms with van der Waals surface area (Å²) < 4.78 is 41.8. The van der Waals surface area contributed by atoms with Crippen molar-refractivity contribution >= 4 is 6.08 Å². The van der Waals surface area contributed by atoms with Crippen molar-refractivity contribution in [2.75, 3.05) is 6.54 Å². The van der Waals surface area contributed by atoms with Gasteiger partial charge in [-0.3, -0.25) is 0 Å². The molecule has 0 aliphatic heterocycles. The van der Waals surface area contributed by atoms with E-state index in [0.29, 0.717) is 6.42 Å². The summed E-state index contributed by atoms with van der Waals surface area (Å²) in [7, 11) is 0. The van der Waals surface area contributed by atoms with E-state index in [1.54, 1.807) is 0 Å². The van der Waals surface area contributed by atoms with Gasteiger partial charge in [-0.15, -0.1) is 0 Å². The van der Waals surface area contributed by atoms with Crippen LogP contribution in [-0.2, 0) is 0 Å². The third-order valence-electron chi connectivity index (χ3n) is 1.97. The first-order chi connectivity index (χ1) is 8.65. The number of azide groups is 1. The highest BCUT2D eigenvalue weighted by Crippen LogP contribution is 2.24. The Labute approximate surface area is 101 Å². The fraction of sp³-hybridized carbons (Fsp3) is 0.273. The Morgan fingerprint density at radius 3 is 2.89 bits per heavy atom. The summed E-state index contributed by atoms with van der Waals surface area (Å²) in [6.45, 7) is -2.80. The number of hydrogen-bond donors (Lipinski definition) is 0. The lowest BCUT2D eigenvalue weighted by Crippen LogP contribution is -2.04. The molecule has 0 aliphatic carbocycles. The number of rotatable bonds is 6. The topological polar surface area (TPSA) is 58.0 Å². The second-order valence-electron chi connectivity index (χ2n) is 3.18. The van der Waals surface area contributed by atoms with E-state index in [2.05, 4.69) is 14.8 Å². The number of alkyl halides is 2. The lowest BCUT2D eigenvalue weighted by atomic mass is 10.1. The first-order valence-corrected chi connectivity index (χ1v) is 5.06. The second kappa shape index (κ2) is 7.24. The highest BCUT2D eigenvalue weighted by atomic mass is 19.3. The molecule has 0 amide bonds. The second-order valence-corrected chi connectivity index (χ2v) is 3.18. The molecule has 0 bridgehead atoms. The number of nitrogens with zero attached hydrogens (tertiary/aromatic N) is 3. The molecule has 7 heteroatoms. The average Bonchev–Trinajstić information content (AvgIpc) is 2.31. The van der Waals surface area contributed by atoms with E-state index in [1.165, 1.54) is 24.3 Å². The molecule has 0 aliphatic rings. The van der Waals surface area contributed by atoms with Gasteiger partial charge in [-0.25, -0.2) is 4.39 Å². The quantitative estimate of drug-likeness (QED) is 0.327. The Balaban J connectivity index is 2.81. The van der Waals surface area contributed by atoms with Gasteiger partial charge < -0.3 is 4.74 Å². The van der Waals surface area contributed by atoms with Gasteiger partial charge in [0.2, 0.25) is 0 Å². The van der Waals surface area contributed by atoms with Gasteiger partial charge in [-0.05, 0) is 24.1 Å². The number of halogens is 3. The molecule has 0 N–H and O–H groups in total. The fourth-order valence-electron chi connectivity index (χ4n) is 1.26. The van der Waals surface area contributed by atoms with Gasteiger partial charge in [0.05, 0.1) is 5.56 Å². The Morgan fingerprint density at radius 2 is 2.22 bits per heavy atom. The zero-order valence-corrected chi connectivity index (χ0v) is 9.26. The minimum Gasteiger partial charge on any atom is -0.434 e. The van der Waals surface area contributed by atoms with Gasteiger partial charge in [-0.1, -0.05) is 23.3 Å². The third-order valence-corrected chi connectivity index (χ3v) is 1.97. The van der Waals surface area contributed by atoms with E-state index in [9.17, 15) is 13.2 Å². The van der Waals surface area contributed by atoms with Crippen molar-refractivity contribution in [1.82, 2.24) is 0 Å². The molecular formula is C11H10F3N3O. The Kier molecular flexibility index (Phi) is 5.60. The first-order valence-electron chi connectivity index (χ1n) is 5.06. The zero-order valence-electron chi connectivity index (χ0n) is 9.26. The zero-order chi connectivity index (χ0) is 13.4. The number of benzene rings is 1. The molecule has 0 atom stereocenters. The minimum absolute atomic E-state index is 0.0567. The van der Waals surface area contributed by atoms with Crippen LogP contribution in [0.4, 0.5) is 13.2 Å². The molecule has 1 aromatic rings. The molecule has 4 nitrogen and oxygen atoms in total. The maximum absolute atomic E-state index is 13.4. The van der Waals surface area contributed by atoms with Crippen molar-refractivity contribution in [3.8, 4) is 5.75 Å². The molecule has 0 fully saturated rings. The van der Waals surface area contributed by atoms with Gasteiger partial charge in [0.1, 0.15) is 11.6 Å². The van der Waals surface area contributed by atoms with Crippen molar-refractivity contribution < 1.29 is 17.9 Å². The van der Waals surface area contributed by atoms with Gasteiger partial charge in [-0.2, -0.15) is 8.78 Å². The minimum atomic E-state index is -3.01. The van der Waals surface area contributed by atoms with E-state index in [0.717, 1.165) is 6.07 Å². The highest BCUT2D eigenvalue weighted by molar-refractivity contribution is 5.57. The third kappa shape index (κ3) is 4.39. The molecular weight excluding hydrogens is 247 g/mol. The summed E-state index contributed by atoms with van der Waals surface area (Å²) in [6.07, 6.45) is 3.22. The normalized spacial score (nSPS) is 10.7.